The third kappa shape index (κ3) is 4.52. The Kier molecular flexibility index (Phi) is 5.10. The summed E-state index contributed by atoms with van der Waals surface area (Å²) < 4.78 is 77.3. The number of halogens is 6. The van der Waals surface area contributed by atoms with E-state index in [1.807, 2.05) is 0 Å². The molecule has 0 aliphatic heterocycles. The highest BCUT2D eigenvalue weighted by molar-refractivity contribution is 5.94. The molecule has 0 N–H and O–H groups in total. The maximum Gasteiger partial charge on any atom is 0.416 e. The number of hydrogen-bond donors (Lipinski definition) is 0. The van der Waals surface area contributed by atoms with Crippen molar-refractivity contribution in [1.82, 2.24) is 0 Å². The van der Waals surface area contributed by atoms with Crippen LogP contribution in [0.3, 0.4) is 0 Å². The number of anilines is 1. The van der Waals surface area contributed by atoms with Crippen LogP contribution in [0.4, 0.5) is 32.0 Å². The Hall–Kier alpha value is -2.51. The first kappa shape index (κ1) is 18.8. The quantitative estimate of drug-likeness (QED) is 0.710. The van der Waals surface area contributed by atoms with Crippen LogP contribution in [0.5, 0.6) is 0 Å². The minimum Gasteiger partial charge on any atom is -0.315 e. The van der Waals surface area contributed by atoms with Crippen LogP contribution in [0.1, 0.15) is 16.7 Å². The van der Waals surface area contributed by atoms with Crippen LogP contribution in [0, 0.1) is 0 Å². The molecule has 0 fully saturated rings. The van der Waals surface area contributed by atoms with Crippen molar-refractivity contribution in [2.75, 3.05) is 11.9 Å². The number of nitrogens with zero attached hydrogens (tertiary/aromatic N) is 1. The average Bonchev–Trinajstić information content (AvgIpc) is 2.53. The van der Waals surface area contributed by atoms with Crippen molar-refractivity contribution < 1.29 is 31.1 Å². The minimum atomic E-state index is -5.00. The van der Waals surface area contributed by atoms with Gasteiger partial charge in [-0.2, -0.15) is 26.3 Å². The van der Waals surface area contributed by atoms with Crippen LogP contribution in [-0.4, -0.2) is 13.0 Å². The Labute approximate surface area is 139 Å². The lowest BCUT2D eigenvalue weighted by atomic mass is 10.00. The Morgan fingerprint density at radius 3 is 2.04 bits per heavy atom. The molecule has 0 aliphatic carbocycles. The van der Waals surface area contributed by atoms with E-state index >= 15 is 0 Å². The van der Waals surface area contributed by atoms with Gasteiger partial charge in [-0.1, -0.05) is 24.3 Å². The number of likely N-dealkylation sites (N-methyl/N-ethyl adjacent to an activating group) is 1. The smallest absolute Gasteiger partial charge is 0.315 e. The van der Waals surface area contributed by atoms with Crippen molar-refractivity contribution in [2.24, 2.45) is 0 Å². The van der Waals surface area contributed by atoms with Gasteiger partial charge < -0.3 is 4.90 Å². The van der Waals surface area contributed by atoms with Gasteiger partial charge in [-0.05, 0) is 29.8 Å². The third-order valence-electron chi connectivity index (χ3n) is 3.60. The molecule has 0 atom stereocenters. The number of carbonyl (C=O) groups excluding carboxylic acids is 1. The van der Waals surface area contributed by atoms with Crippen LogP contribution in [-0.2, 0) is 23.6 Å². The van der Waals surface area contributed by atoms with Crippen molar-refractivity contribution in [1.29, 1.82) is 0 Å². The summed E-state index contributed by atoms with van der Waals surface area (Å²) in [4.78, 5) is 13.4. The molecule has 2 nitrogen and oxygen atoms in total. The number of alkyl halides is 6. The van der Waals surface area contributed by atoms with E-state index in [-0.39, 0.29) is 6.07 Å². The monoisotopic (exact) mass is 361 g/mol. The molecule has 0 aliphatic rings. The second-order valence-electron chi connectivity index (χ2n) is 5.33. The maximum atomic E-state index is 13.1. The molecule has 2 aromatic carbocycles. The number of benzene rings is 2. The molecular weight excluding hydrogens is 348 g/mol. The minimum absolute atomic E-state index is 0.0329. The van der Waals surface area contributed by atoms with Crippen molar-refractivity contribution in [2.45, 2.75) is 18.8 Å². The summed E-state index contributed by atoms with van der Waals surface area (Å²) in [7, 11) is 1.38. The van der Waals surface area contributed by atoms with E-state index in [0.29, 0.717) is 17.8 Å². The Bertz CT molecular complexity index is 752. The summed E-state index contributed by atoms with van der Waals surface area (Å²) in [6.07, 6.45) is -10.6. The predicted molar refractivity (Wildman–Crippen MR) is 80.0 cm³/mol. The molecule has 0 saturated heterocycles. The molecule has 0 spiro atoms. The Balaban J connectivity index is 2.34. The molecule has 0 bridgehead atoms. The van der Waals surface area contributed by atoms with Gasteiger partial charge in [-0.3, -0.25) is 4.79 Å². The molecule has 0 unspecified atom stereocenters. The number of carbonyl (C=O) groups is 1. The fourth-order valence-electron chi connectivity index (χ4n) is 2.25. The summed E-state index contributed by atoms with van der Waals surface area (Å²) >= 11 is 0. The first-order chi connectivity index (χ1) is 11.5. The van der Waals surface area contributed by atoms with Gasteiger partial charge in [0.05, 0.1) is 17.5 Å². The zero-order valence-corrected chi connectivity index (χ0v) is 12.9. The van der Waals surface area contributed by atoms with E-state index in [4.69, 9.17) is 0 Å². The molecule has 25 heavy (non-hydrogen) atoms. The molecule has 2 aromatic rings. The van der Waals surface area contributed by atoms with Gasteiger partial charge in [0.15, 0.2) is 0 Å². The lowest BCUT2D eigenvalue weighted by molar-refractivity contribution is -0.143. The highest BCUT2D eigenvalue weighted by Gasteiger charge is 2.38. The lowest BCUT2D eigenvalue weighted by Gasteiger charge is -2.20. The van der Waals surface area contributed by atoms with Crippen LogP contribution < -0.4 is 4.90 Å². The Morgan fingerprint density at radius 1 is 0.920 bits per heavy atom. The van der Waals surface area contributed by atoms with E-state index in [0.717, 1.165) is 4.90 Å². The molecule has 0 saturated carbocycles. The van der Waals surface area contributed by atoms with Gasteiger partial charge in [0.2, 0.25) is 5.91 Å². The summed E-state index contributed by atoms with van der Waals surface area (Å²) in [5.74, 6) is -0.670. The largest absolute Gasteiger partial charge is 0.416 e. The predicted octanol–water partition coefficient (Wildman–Crippen LogP) is 4.93. The second-order valence-corrected chi connectivity index (χ2v) is 5.33. The van der Waals surface area contributed by atoms with Gasteiger partial charge in [-0.25, -0.2) is 0 Å². The highest BCUT2D eigenvalue weighted by Crippen LogP contribution is 2.37. The molecule has 0 heterocycles. The fourth-order valence-corrected chi connectivity index (χ4v) is 2.25. The van der Waals surface area contributed by atoms with Gasteiger partial charge in [0.25, 0.3) is 0 Å². The van der Waals surface area contributed by atoms with E-state index in [1.165, 1.54) is 7.05 Å². The standard InChI is InChI=1S/C17H13F6NO/c1-24(13-5-3-2-4-6-13)15(25)9-11-7-8-12(16(18,19)20)10-14(11)17(21,22)23/h2-8,10H,9H2,1H3. The second kappa shape index (κ2) is 6.78. The summed E-state index contributed by atoms with van der Waals surface area (Å²) in [5, 5.41) is 0. The van der Waals surface area contributed by atoms with E-state index < -0.39 is 41.4 Å². The number of rotatable bonds is 3. The zero-order valence-electron chi connectivity index (χ0n) is 12.9. The van der Waals surface area contributed by atoms with Crippen LogP contribution in [0.25, 0.3) is 0 Å². The van der Waals surface area contributed by atoms with E-state index in [9.17, 15) is 31.1 Å². The lowest BCUT2D eigenvalue weighted by Crippen LogP contribution is -2.28. The molecule has 2 rings (SSSR count). The summed E-state index contributed by atoms with van der Waals surface area (Å²) in [6.45, 7) is 0. The van der Waals surface area contributed by atoms with Crippen molar-refractivity contribution in [3.8, 4) is 0 Å². The third-order valence-corrected chi connectivity index (χ3v) is 3.60. The first-order valence-corrected chi connectivity index (χ1v) is 7.09. The van der Waals surface area contributed by atoms with Crippen molar-refractivity contribution in [3.05, 3.63) is 65.2 Å². The van der Waals surface area contributed by atoms with Crippen molar-refractivity contribution in [3.63, 3.8) is 0 Å². The fraction of sp³-hybridized carbons (Fsp3) is 0.235. The molecule has 0 radical (unpaired) electrons. The number of para-hydroxylation sites is 1. The zero-order chi connectivity index (χ0) is 18.8. The number of amides is 1. The van der Waals surface area contributed by atoms with Crippen LogP contribution >= 0.6 is 0 Å². The summed E-state index contributed by atoms with van der Waals surface area (Å²) in [5.41, 5.74) is -2.91. The van der Waals surface area contributed by atoms with Gasteiger partial charge >= 0.3 is 12.4 Å². The molecular formula is C17H13F6NO. The molecule has 134 valence electrons. The normalized spacial score (nSPS) is 12.1. The number of hydrogen-bond acceptors (Lipinski definition) is 1. The topological polar surface area (TPSA) is 20.3 Å². The molecule has 0 aromatic heterocycles. The summed E-state index contributed by atoms with van der Waals surface area (Å²) in [6, 6.07) is 9.47. The highest BCUT2D eigenvalue weighted by atomic mass is 19.4. The van der Waals surface area contributed by atoms with Crippen LogP contribution in [0.15, 0.2) is 48.5 Å². The maximum absolute atomic E-state index is 13.1. The van der Waals surface area contributed by atoms with E-state index in [1.54, 1.807) is 30.3 Å². The first-order valence-electron chi connectivity index (χ1n) is 7.09. The average molecular weight is 361 g/mol. The van der Waals surface area contributed by atoms with Gasteiger partial charge in [0, 0.05) is 12.7 Å². The van der Waals surface area contributed by atoms with Crippen LogP contribution in [0.2, 0.25) is 0 Å². The SMILES string of the molecule is CN(C(=O)Cc1ccc(C(F)(F)F)cc1C(F)(F)F)c1ccccc1. The van der Waals surface area contributed by atoms with Crippen molar-refractivity contribution >= 4 is 11.6 Å². The molecule has 8 heteroatoms. The Morgan fingerprint density at radius 2 is 1.52 bits per heavy atom. The molecule has 1 amide bonds. The van der Waals surface area contributed by atoms with Gasteiger partial charge in [-0.15, -0.1) is 0 Å². The van der Waals surface area contributed by atoms with E-state index in [2.05, 4.69) is 0 Å². The van der Waals surface area contributed by atoms with Gasteiger partial charge in [0.1, 0.15) is 0 Å².